The molecule has 6 nitrogen and oxygen atoms in total. The maximum atomic E-state index is 12.5. The third kappa shape index (κ3) is 4.46. The van der Waals surface area contributed by atoms with Crippen molar-refractivity contribution in [1.29, 1.82) is 0 Å². The average Bonchev–Trinajstić information content (AvgIpc) is 2.62. The number of carbonyl (C=O) groups is 1. The van der Waals surface area contributed by atoms with Gasteiger partial charge in [-0.05, 0) is 38.0 Å². The Morgan fingerprint density at radius 1 is 1.52 bits per heavy atom. The highest BCUT2D eigenvalue weighted by molar-refractivity contribution is 9.10. The van der Waals surface area contributed by atoms with Gasteiger partial charge in [-0.1, -0.05) is 15.9 Å². The number of fused-ring (bicyclic) bond motifs is 1. The molecule has 0 radical (unpaired) electrons. The standard InChI is InChI=1S/C18H22BrN3O3/c1-12(13-3-2-8-25-10-13)21-17(23)6-7-22-11-20-16-5-4-14(19)9-15(16)18(22)24/h4-5,9,11-13H,2-3,6-8,10H2,1H3,(H,21,23)/t12-,13+/m1/s1. The molecule has 0 bridgehead atoms. The number of halogens is 1. The van der Waals surface area contributed by atoms with Crippen LogP contribution in [0.5, 0.6) is 0 Å². The highest BCUT2D eigenvalue weighted by Crippen LogP contribution is 2.17. The van der Waals surface area contributed by atoms with Crippen LogP contribution in [0.4, 0.5) is 0 Å². The van der Waals surface area contributed by atoms with Gasteiger partial charge in [0.2, 0.25) is 5.91 Å². The number of hydrogen-bond acceptors (Lipinski definition) is 4. The van der Waals surface area contributed by atoms with Gasteiger partial charge in [-0.2, -0.15) is 0 Å². The van der Waals surface area contributed by atoms with Gasteiger partial charge in [0.15, 0.2) is 0 Å². The van der Waals surface area contributed by atoms with Crippen molar-refractivity contribution in [3.63, 3.8) is 0 Å². The highest BCUT2D eigenvalue weighted by atomic mass is 79.9. The van der Waals surface area contributed by atoms with Crippen molar-refractivity contribution in [3.05, 3.63) is 39.4 Å². The van der Waals surface area contributed by atoms with Gasteiger partial charge in [-0.15, -0.1) is 0 Å². The second-order valence-electron chi connectivity index (χ2n) is 6.49. The van der Waals surface area contributed by atoms with Crippen molar-refractivity contribution in [2.45, 2.75) is 38.8 Å². The summed E-state index contributed by atoms with van der Waals surface area (Å²) in [4.78, 5) is 29.0. The van der Waals surface area contributed by atoms with E-state index in [1.165, 1.54) is 10.9 Å². The van der Waals surface area contributed by atoms with E-state index in [-0.39, 0.29) is 23.9 Å². The predicted molar refractivity (Wildman–Crippen MR) is 99.5 cm³/mol. The number of carbonyl (C=O) groups excluding carboxylic acids is 1. The molecule has 1 aromatic carbocycles. The fraction of sp³-hybridized carbons (Fsp3) is 0.500. The van der Waals surface area contributed by atoms with Gasteiger partial charge in [-0.3, -0.25) is 14.2 Å². The van der Waals surface area contributed by atoms with Crippen molar-refractivity contribution < 1.29 is 9.53 Å². The summed E-state index contributed by atoms with van der Waals surface area (Å²) in [5, 5.41) is 3.57. The van der Waals surface area contributed by atoms with E-state index in [9.17, 15) is 9.59 Å². The van der Waals surface area contributed by atoms with Crippen LogP contribution in [0, 0.1) is 5.92 Å². The van der Waals surface area contributed by atoms with E-state index in [4.69, 9.17) is 4.74 Å². The molecule has 25 heavy (non-hydrogen) atoms. The molecule has 1 fully saturated rings. The van der Waals surface area contributed by atoms with Gasteiger partial charge in [0.1, 0.15) is 0 Å². The lowest BCUT2D eigenvalue weighted by Crippen LogP contribution is -2.41. The molecule has 2 heterocycles. The maximum absolute atomic E-state index is 12.5. The van der Waals surface area contributed by atoms with Crippen LogP contribution >= 0.6 is 15.9 Å². The minimum Gasteiger partial charge on any atom is -0.381 e. The number of hydrogen-bond donors (Lipinski definition) is 1. The van der Waals surface area contributed by atoms with Crippen molar-refractivity contribution in [2.75, 3.05) is 13.2 Å². The Morgan fingerprint density at radius 3 is 3.12 bits per heavy atom. The fourth-order valence-corrected chi connectivity index (χ4v) is 3.48. The van der Waals surface area contributed by atoms with Crippen molar-refractivity contribution in [1.82, 2.24) is 14.9 Å². The minimum absolute atomic E-state index is 0.0562. The molecular weight excluding hydrogens is 386 g/mol. The van der Waals surface area contributed by atoms with Gasteiger partial charge in [0.25, 0.3) is 5.56 Å². The first kappa shape index (κ1) is 18.1. The van der Waals surface area contributed by atoms with Gasteiger partial charge in [0.05, 0.1) is 23.8 Å². The molecule has 2 aromatic rings. The molecule has 0 spiro atoms. The van der Waals surface area contributed by atoms with Crippen LogP contribution in [0.3, 0.4) is 0 Å². The number of nitrogens with one attached hydrogen (secondary N) is 1. The maximum Gasteiger partial charge on any atom is 0.261 e. The van der Waals surface area contributed by atoms with Gasteiger partial charge in [-0.25, -0.2) is 4.98 Å². The summed E-state index contributed by atoms with van der Waals surface area (Å²) in [6, 6.07) is 5.48. The lowest BCUT2D eigenvalue weighted by atomic mass is 9.95. The number of aryl methyl sites for hydroxylation is 1. The summed E-state index contributed by atoms with van der Waals surface area (Å²) in [7, 11) is 0. The molecule has 1 saturated heterocycles. The minimum atomic E-state index is -0.132. The first-order chi connectivity index (χ1) is 12.0. The zero-order chi connectivity index (χ0) is 17.8. The normalized spacial score (nSPS) is 18.9. The second kappa shape index (κ2) is 8.10. The van der Waals surface area contributed by atoms with Crippen LogP contribution < -0.4 is 10.9 Å². The van der Waals surface area contributed by atoms with E-state index in [0.717, 1.165) is 23.9 Å². The Balaban J connectivity index is 1.61. The third-order valence-corrected chi connectivity index (χ3v) is 5.15. The molecule has 1 aromatic heterocycles. The average molecular weight is 408 g/mol. The largest absolute Gasteiger partial charge is 0.381 e. The Labute approximate surface area is 154 Å². The molecule has 7 heteroatoms. The van der Waals surface area contributed by atoms with Gasteiger partial charge < -0.3 is 10.1 Å². The van der Waals surface area contributed by atoms with Crippen molar-refractivity contribution in [3.8, 4) is 0 Å². The highest BCUT2D eigenvalue weighted by Gasteiger charge is 2.21. The predicted octanol–water partition coefficient (Wildman–Crippen LogP) is 2.48. The number of benzene rings is 1. The molecular formula is C18H22BrN3O3. The number of nitrogens with zero attached hydrogens (tertiary/aromatic N) is 2. The Bertz CT molecular complexity index is 815. The summed E-state index contributed by atoms with van der Waals surface area (Å²) < 4.78 is 7.79. The van der Waals surface area contributed by atoms with Gasteiger partial charge >= 0.3 is 0 Å². The van der Waals surface area contributed by atoms with Crippen molar-refractivity contribution in [2.24, 2.45) is 5.92 Å². The number of ether oxygens (including phenoxy) is 1. The first-order valence-corrected chi connectivity index (χ1v) is 9.35. The van der Waals surface area contributed by atoms with Crippen LogP contribution in [0.1, 0.15) is 26.2 Å². The van der Waals surface area contributed by atoms with E-state index >= 15 is 0 Å². The Hall–Kier alpha value is -1.73. The summed E-state index contributed by atoms with van der Waals surface area (Å²) in [5.41, 5.74) is 0.521. The Kier molecular flexibility index (Phi) is 5.86. The van der Waals surface area contributed by atoms with Crippen molar-refractivity contribution >= 4 is 32.7 Å². The van der Waals surface area contributed by atoms with Crippen LogP contribution in [-0.2, 0) is 16.1 Å². The summed E-state index contributed by atoms with van der Waals surface area (Å²) in [6.07, 6.45) is 3.87. The molecule has 134 valence electrons. The fourth-order valence-electron chi connectivity index (χ4n) is 3.12. The molecule has 0 unspecified atom stereocenters. The van der Waals surface area contributed by atoms with E-state index < -0.39 is 0 Å². The van der Waals surface area contributed by atoms with E-state index in [2.05, 4.69) is 26.2 Å². The summed E-state index contributed by atoms with van der Waals surface area (Å²) >= 11 is 3.37. The molecule has 0 aliphatic carbocycles. The summed E-state index contributed by atoms with van der Waals surface area (Å²) in [5.74, 6) is 0.305. The Morgan fingerprint density at radius 2 is 2.36 bits per heavy atom. The topological polar surface area (TPSA) is 73.2 Å². The summed E-state index contributed by atoms with van der Waals surface area (Å²) in [6.45, 7) is 3.84. The first-order valence-electron chi connectivity index (χ1n) is 8.56. The third-order valence-electron chi connectivity index (χ3n) is 4.66. The molecule has 1 aliphatic heterocycles. The van der Waals surface area contributed by atoms with E-state index in [1.807, 2.05) is 13.0 Å². The second-order valence-corrected chi connectivity index (χ2v) is 7.40. The van der Waals surface area contributed by atoms with Gasteiger partial charge in [0, 0.05) is 36.0 Å². The molecule has 1 aliphatic rings. The van der Waals surface area contributed by atoms with Crippen LogP contribution in [0.25, 0.3) is 10.9 Å². The van der Waals surface area contributed by atoms with E-state index in [1.54, 1.807) is 12.1 Å². The SMILES string of the molecule is C[C@@H](NC(=O)CCn1cnc2ccc(Br)cc2c1=O)[C@H]1CCCOC1. The molecule has 0 saturated carbocycles. The zero-order valence-electron chi connectivity index (χ0n) is 14.2. The number of rotatable bonds is 5. The van der Waals surface area contributed by atoms with Crippen LogP contribution in [0.15, 0.2) is 33.8 Å². The quantitative estimate of drug-likeness (QED) is 0.825. The van der Waals surface area contributed by atoms with Crippen LogP contribution in [-0.4, -0.2) is 34.7 Å². The lowest BCUT2D eigenvalue weighted by molar-refractivity contribution is -0.122. The molecule has 1 N–H and O–H groups in total. The number of aromatic nitrogens is 2. The number of amides is 1. The molecule has 3 rings (SSSR count). The smallest absolute Gasteiger partial charge is 0.261 e. The van der Waals surface area contributed by atoms with Crippen LogP contribution in [0.2, 0.25) is 0 Å². The molecule has 1 amide bonds. The molecule has 2 atom stereocenters. The lowest BCUT2D eigenvalue weighted by Gasteiger charge is -2.28. The zero-order valence-corrected chi connectivity index (χ0v) is 15.8. The van der Waals surface area contributed by atoms with E-state index in [0.29, 0.717) is 30.0 Å². The monoisotopic (exact) mass is 407 g/mol.